The second kappa shape index (κ2) is 4.45. The third-order valence-corrected chi connectivity index (χ3v) is 1.76. The van der Waals surface area contributed by atoms with Crippen molar-refractivity contribution in [1.29, 1.82) is 0 Å². The summed E-state index contributed by atoms with van der Waals surface area (Å²) in [5, 5.41) is 4.10. The first kappa shape index (κ1) is 9.52. The van der Waals surface area contributed by atoms with Crippen molar-refractivity contribution >= 4 is 5.71 Å². The van der Waals surface area contributed by atoms with Crippen LogP contribution in [0.3, 0.4) is 0 Å². The van der Waals surface area contributed by atoms with Crippen molar-refractivity contribution in [2.24, 2.45) is 5.10 Å². The molecule has 0 amide bonds. The van der Waals surface area contributed by atoms with Crippen molar-refractivity contribution in [3.8, 4) is 0 Å². The van der Waals surface area contributed by atoms with Crippen LogP contribution >= 0.6 is 0 Å². The van der Waals surface area contributed by atoms with Gasteiger partial charge < -0.3 is 0 Å². The number of hydrogen-bond acceptors (Lipinski definition) is 2. The molecule has 1 N–H and O–H groups in total. The minimum atomic E-state index is 0.962. The van der Waals surface area contributed by atoms with E-state index >= 15 is 0 Å². The molecule has 0 radical (unpaired) electrons. The molecule has 0 spiro atoms. The Morgan fingerprint density at radius 3 is 2.92 bits per heavy atom. The first-order chi connectivity index (χ1) is 6.24. The van der Waals surface area contributed by atoms with E-state index < -0.39 is 0 Å². The Morgan fingerprint density at radius 1 is 1.54 bits per heavy atom. The summed E-state index contributed by atoms with van der Waals surface area (Å²) in [7, 11) is 0. The summed E-state index contributed by atoms with van der Waals surface area (Å²) in [6.07, 6.45) is 1.55. The second-order valence-electron chi connectivity index (χ2n) is 2.90. The average molecular weight is 174 g/mol. The van der Waals surface area contributed by atoms with E-state index in [0.717, 1.165) is 11.3 Å². The molecule has 2 nitrogen and oxygen atoms in total. The van der Waals surface area contributed by atoms with Gasteiger partial charge in [0.1, 0.15) is 0 Å². The van der Waals surface area contributed by atoms with Crippen molar-refractivity contribution in [2.75, 3.05) is 0 Å². The van der Waals surface area contributed by atoms with Gasteiger partial charge in [0.05, 0.1) is 5.71 Å². The molecular formula is C11H14N2. The quantitative estimate of drug-likeness (QED) is 0.552. The van der Waals surface area contributed by atoms with E-state index in [0.29, 0.717) is 0 Å². The van der Waals surface area contributed by atoms with E-state index in [1.807, 2.05) is 19.1 Å². The first-order valence-electron chi connectivity index (χ1n) is 4.22. The summed E-state index contributed by atoms with van der Waals surface area (Å²) < 4.78 is 0. The number of nitrogens with one attached hydrogen (secondary N) is 1. The van der Waals surface area contributed by atoms with E-state index in [4.69, 9.17) is 0 Å². The zero-order chi connectivity index (χ0) is 9.68. The molecule has 68 valence electrons. The summed E-state index contributed by atoms with van der Waals surface area (Å²) in [6.45, 7) is 7.56. The molecule has 0 fully saturated rings. The summed E-state index contributed by atoms with van der Waals surface area (Å²) in [5.41, 5.74) is 6.05. The Balaban J connectivity index is 2.88. The Morgan fingerprint density at radius 2 is 2.31 bits per heavy atom. The van der Waals surface area contributed by atoms with Gasteiger partial charge in [-0.2, -0.15) is 5.10 Å². The van der Waals surface area contributed by atoms with Gasteiger partial charge in [0, 0.05) is 6.20 Å². The van der Waals surface area contributed by atoms with Crippen LogP contribution < -0.4 is 5.43 Å². The van der Waals surface area contributed by atoms with Crippen molar-refractivity contribution in [1.82, 2.24) is 5.43 Å². The van der Waals surface area contributed by atoms with Gasteiger partial charge in [-0.05, 0) is 19.4 Å². The van der Waals surface area contributed by atoms with Crippen LogP contribution in [0.15, 0.2) is 42.1 Å². The minimum Gasteiger partial charge on any atom is -0.286 e. The maximum Gasteiger partial charge on any atom is 0.0648 e. The minimum absolute atomic E-state index is 0.962. The lowest BCUT2D eigenvalue weighted by atomic mass is 10.1. The van der Waals surface area contributed by atoms with E-state index in [1.165, 1.54) is 5.56 Å². The number of nitrogens with zero attached hydrogens (tertiary/aromatic N) is 1. The van der Waals surface area contributed by atoms with Gasteiger partial charge in [-0.15, -0.1) is 0 Å². The van der Waals surface area contributed by atoms with E-state index in [9.17, 15) is 0 Å². The fraction of sp³-hybridized carbons (Fsp3) is 0.182. The predicted molar refractivity (Wildman–Crippen MR) is 56.7 cm³/mol. The van der Waals surface area contributed by atoms with Crippen molar-refractivity contribution < 1.29 is 0 Å². The van der Waals surface area contributed by atoms with Gasteiger partial charge in [0.2, 0.25) is 0 Å². The third-order valence-electron chi connectivity index (χ3n) is 1.76. The number of hydrazone groups is 1. The first-order valence-corrected chi connectivity index (χ1v) is 4.22. The molecule has 0 heterocycles. The molecule has 0 aliphatic rings. The lowest BCUT2D eigenvalue weighted by Crippen LogP contribution is -2.02. The fourth-order valence-electron chi connectivity index (χ4n) is 1.08. The Kier molecular flexibility index (Phi) is 3.26. The second-order valence-corrected chi connectivity index (χ2v) is 2.90. The largest absolute Gasteiger partial charge is 0.286 e. The van der Waals surface area contributed by atoms with Crippen LogP contribution in [0.2, 0.25) is 0 Å². The van der Waals surface area contributed by atoms with Crippen LogP contribution in [-0.2, 0) is 0 Å². The average Bonchev–Trinajstić information content (AvgIpc) is 2.14. The SMILES string of the molecule is C=CN/N=C(\C)c1cccc(C)c1. The predicted octanol–water partition coefficient (Wildman–Crippen LogP) is 2.45. The van der Waals surface area contributed by atoms with Gasteiger partial charge in [0.25, 0.3) is 0 Å². The van der Waals surface area contributed by atoms with E-state index in [-0.39, 0.29) is 0 Å². The van der Waals surface area contributed by atoms with Crippen LogP contribution in [0.1, 0.15) is 18.1 Å². The highest BCUT2D eigenvalue weighted by atomic mass is 15.3. The molecule has 0 saturated carbocycles. The third kappa shape index (κ3) is 2.75. The lowest BCUT2D eigenvalue weighted by molar-refractivity contribution is 0.969. The van der Waals surface area contributed by atoms with Crippen LogP contribution in [0.4, 0.5) is 0 Å². The molecule has 0 bridgehead atoms. The lowest BCUT2D eigenvalue weighted by Gasteiger charge is -2.01. The van der Waals surface area contributed by atoms with Gasteiger partial charge in [-0.1, -0.05) is 36.4 Å². The Bertz CT molecular complexity index is 327. The summed E-state index contributed by atoms with van der Waals surface area (Å²) in [6, 6.07) is 8.23. The molecule has 1 aromatic carbocycles. The molecule has 13 heavy (non-hydrogen) atoms. The monoisotopic (exact) mass is 174 g/mol. The van der Waals surface area contributed by atoms with E-state index in [2.05, 4.69) is 36.2 Å². The van der Waals surface area contributed by atoms with E-state index in [1.54, 1.807) is 6.20 Å². The van der Waals surface area contributed by atoms with Crippen molar-refractivity contribution in [3.63, 3.8) is 0 Å². The molecule has 0 aliphatic carbocycles. The molecule has 0 unspecified atom stereocenters. The molecule has 2 heteroatoms. The zero-order valence-electron chi connectivity index (χ0n) is 8.04. The highest BCUT2D eigenvalue weighted by Gasteiger charge is 1.95. The zero-order valence-corrected chi connectivity index (χ0v) is 8.04. The highest BCUT2D eigenvalue weighted by Crippen LogP contribution is 2.04. The van der Waals surface area contributed by atoms with Gasteiger partial charge >= 0.3 is 0 Å². The number of hydrogen-bond donors (Lipinski definition) is 1. The van der Waals surface area contributed by atoms with Gasteiger partial charge in [-0.3, -0.25) is 5.43 Å². The summed E-state index contributed by atoms with van der Waals surface area (Å²) >= 11 is 0. The smallest absolute Gasteiger partial charge is 0.0648 e. The Hall–Kier alpha value is -1.57. The molecule has 0 aromatic heterocycles. The maximum absolute atomic E-state index is 4.10. The molecule has 0 aliphatic heterocycles. The van der Waals surface area contributed by atoms with Crippen molar-refractivity contribution in [3.05, 3.63) is 48.2 Å². The van der Waals surface area contributed by atoms with Crippen LogP contribution in [0, 0.1) is 6.92 Å². The molecular weight excluding hydrogens is 160 g/mol. The Labute approximate surface area is 79.0 Å². The number of benzene rings is 1. The normalized spacial score (nSPS) is 11.1. The van der Waals surface area contributed by atoms with Crippen molar-refractivity contribution in [2.45, 2.75) is 13.8 Å². The number of rotatable bonds is 3. The highest BCUT2D eigenvalue weighted by molar-refractivity contribution is 5.98. The molecule has 1 rings (SSSR count). The molecule has 0 atom stereocenters. The summed E-state index contributed by atoms with van der Waals surface area (Å²) in [4.78, 5) is 0. The van der Waals surface area contributed by atoms with Gasteiger partial charge in [-0.25, -0.2) is 0 Å². The maximum atomic E-state index is 4.10. The molecule has 1 aromatic rings. The standard InChI is InChI=1S/C11H14N2/c1-4-12-13-10(3)11-7-5-6-9(2)8-11/h4-8,12H,1H2,2-3H3/b13-10+. The number of aryl methyl sites for hydroxylation is 1. The summed E-state index contributed by atoms with van der Waals surface area (Å²) in [5.74, 6) is 0. The fourth-order valence-corrected chi connectivity index (χ4v) is 1.08. The van der Waals surface area contributed by atoms with Gasteiger partial charge in [0.15, 0.2) is 0 Å². The van der Waals surface area contributed by atoms with Crippen LogP contribution in [0.25, 0.3) is 0 Å². The van der Waals surface area contributed by atoms with Crippen LogP contribution in [-0.4, -0.2) is 5.71 Å². The topological polar surface area (TPSA) is 24.4 Å². The molecule has 0 saturated heterocycles. The van der Waals surface area contributed by atoms with Crippen LogP contribution in [0.5, 0.6) is 0 Å².